The first-order valence-electron chi connectivity index (χ1n) is 26.3. The monoisotopic (exact) mass is 830 g/mol. The minimum atomic E-state index is -1.10. The largest absolute Gasteiger partial charge is 0.394 e. The molecular formula is C54H103NO4. The lowest BCUT2D eigenvalue weighted by molar-refractivity contribution is -0.131. The van der Waals surface area contributed by atoms with Crippen LogP contribution in [0.2, 0.25) is 0 Å². The molecule has 0 spiro atoms. The fraction of sp³-hybridized carbons (Fsp3) is 0.870. The van der Waals surface area contributed by atoms with Crippen molar-refractivity contribution in [2.24, 2.45) is 0 Å². The van der Waals surface area contributed by atoms with E-state index in [9.17, 15) is 20.1 Å². The first-order chi connectivity index (χ1) is 29.1. The third-order valence-corrected chi connectivity index (χ3v) is 12.2. The van der Waals surface area contributed by atoms with Gasteiger partial charge in [0.05, 0.1) is 18.8 Å². The van der Waals surface area contributed by atoms with Gasteiger partial charge in [-0.15, -0.1) is 0 Å². The van der Waals surface area contributed by atoms with Crippen LogP contribution in [-0.4, -0.2) is 46.1 Å². The van der Waals surface area contributed by atoms with E-state index in [0.29, 0.717) is 6.42 Å². The van der Waals surface area contributed by atoms with Crippen LogP contribution in [0.3, 0.4) is 0 Å². The zero-order valence-corrected chi connectivity index (χ0v) is 39.6. The van der Waals surface area contributed by atoms with Crippen molar-refractivity contribution in [2.45, 2.75) is 295 Å². The molecule has 5 nitrogen and oxygen atoms in total. The average Bonchev–Trinajstić information content (AvgIpc) is 3.24. The standard InChI is InChI=1S/C54H103NO4/c1-3-5-7-9-11-13-15-17-19-21-23-25-26-27-28-29-31-32-34-36-38-40-42-44-46-48-52(57)51(50-56)55-54(59)53(58)49-47-45-43-41-39-37-35-33-30-24-22-20-18-16-14-12-10-8-6-4-2/h6,8,12,14,46,48,51-53,56-58H,3-5,7,9-11,13,15-45,47,49-50H2,1-2H3,(H,55,59)/b8-6-,14-12-,48-46+. The number of carbonyl (C=O) groups excluding carboxylic acids is 1. The van der Waals surface area contributed by atoms with E-state index in [2.05, 4.69) is 43.5 Å². The molecule has 3 unspecified atom stereocenters. The van der Waals surface area contributed by atoms with E-state index in [1.54, 1.807) is 6.08 Å². The molecule has 59 heavy (non-hydrogen) atoms. The Hall–Kier alpha value is -1.43. The number of allylic oxidation sites excluding steroid dienone is 5. The number of aliphatic hydroxyl groups excluding tert-OH is 3. The third kappa shape index (κ3) is 44.4. The molecule has 1 amide bonds. The molecule has 0 aromatic carbocycles. The Bertz CT molecular complexity index is 916. The molecule has 0 saturated carbocycles. The predicted octanol–water partition coefficient (Wildman–Crippen LogP) is 15.9. The molecule has 0 aliphatic carbocycles. The molecule has 0 radical (unpaired) electrons. The lowest BCUT2D eigenvalue weighted by Crippen LogP contribution is -2.48. The Labute approximate surface area is 368 Å². The molecular weight excluding hydrogens is 727 g/mol. The normalized spacial score (nSPS) is 13.6. The molecule has 348 valence electrons. The zero-order valence-electron chi connectivity index (χ0n) is 39.6. The maximum absolute atomic E-state index is 12.5. The smallest absolute Gasteiger partial charge is 0.249 e. The summed E-state index contributed by atoms with van der Waals surface area (Å²) in [6, 6.07) is -0.798. The van der Waals surface area contributed by atoms with Gasteiger partial charge < -0.3 is 20.6 Å². The van der Waals surface area contributed by atoms with E-state index in [1.807, 2.05) is 6.08 Å². The van der Waals surface area contributed by atoms with Crippen molar-refractivity contribution in [3.05, 3.63) is 36.5 Å². The van der Waals surface area contributed by atoms with Gasteiger partial charge in [-0.2, -0.15) is 0 Å². The summed E-state index contributed by atoms with van der Waals surface area (Å²) in [6.07, 6.45) is 63.5. The molecule has 0 aromatic rings. The number of rotatable bonds is 48. The molecule has 3 atom stereocenters. The van der Waals surface area contributed by atoms with Crippen LogP contribution in [-0.2, 0) is 4.79 Å². The summed E-state index contributed by atoms with van der Waals surface area (Å²) < 4.78 is 0. The fourth-order valence-electron chi connectivity index (χ4n) is 8.17. The minimum Gasteiger partial charge on any atom is -0.394 e. The number of amides is 1. The summed E-state index contributed by atoms with van der Waals surface area (Å²) in [5.41, 5.74) is 0. The van der Waals surface area contributed by atoms with Gasteiger partial charge in [-0.1, -0.05) is 269 Å². The zero-order chi connectivity index (χ0) is 43.0. The highest BCUT2D eigenvalue weighted by atomic mass is 16.3. The van der Waals surface area contributed by atoms with Gasteiger partial charge in [0.2, 0.25) is 5.91 Å². The van der Waals surface area contributed by atoms with E-state index < -0.39 is 24.2 Å². The van der Waals surface area contributed by atoms with E-state index in [0.717, 1.165) is 44.9 Å². The summed E-state index contributed by atoms with van der Waals surface area (Å²) in [7, 11) is 0. The SMILES string of the molecule is CC/C=C\C/C=C\CCCCCCCCCCCCCCCC(O)C(=O)NC(CO)C(O)/C=C/CCCCCCCCCCCCCCCCCCCCCCCCC. The summed E-state index contributed by atoms with van der Waals surface area (Å²) >= 11 is 0. The van der Waals surface area contributed by atoms with Crippen LogP contribution in [0.4, 0.5) is 0 Å². The number of nitrogens with one attached hydrogen (secondary N) is 1. The highest BCUT2D eigenvalue weighted by Crippen LogP contribution is 2.17. The topological polar surface area (TPSA) is 89.8 Å². The van der Waals surface area contributed by atoms with E-state index in [-0.39, 0.29) is 6.61 Å². The highest BCUT2D eigenvalue weighted by Gasteiger charge is 2.22. The van der Waals surface area contributed by atoms with Crippen molar-refractivity contribution in [1.82, 2.24) is 5.32 Å². The molecule has 0 heterocycles. The first-order valence-corrected chi connectivity index (χ1v) is 26.3. The van der Waals surface area contributed by atoms with Crippen LogP contribution in [0.15, 0.2) is 36.5 Å². The van der Waals surface area contributed by atoms with Crippen LogP contribution < -0.4 is 5.32 Å². The number of hydrogen-bond donors (Lipinski definition) is 4. The minimum absolute atomic E-state index is 0.362. The van der Waals surface area contributed by atoms with Gasteiger partial charge in [-0.05, 0) is 44.9 Å². The molecule has 0 fully saturated rings. The van der Waals surface area contributed by atoms with Gasteiger partial charge in [0.1, 0.15) is 6.10 Å². The quantitative estimate of drug-likeness (QED) is 0.0363. The molecule has 0 aromatic heterocycles. The molecule has 0 bridgehead atoms. The maximum Gasteiger partial charge on any atom is 0.249 e. The fourth-order valence-corrected chi connectivity index (χ4v) is 8.17. The Balaban J connectivity index is 3.58. The van der Waals surface area contributed by atoms with Crippen molar-refractivity contribution in [3.8, 4) is 0 Å². The molecule has 5 heteroatoms. The van der Waals surface area contributed by atoms with Gasteiger partial charge in [0.25, 0.3) is 0 Å². The van der Waals surface area contributed by atoms with E-state index in [1.165, 1.54) is 212 Å². The Morgan fingerprint density at radius 1 is 0.441 bits per heavy atom. The van der Waals surface area contributed by atoms with Gasteiger partial charge in [-0.25, -0.2) is 0 Å². The predicted molar refractivity (Wildman–Crippen MR) is 259 cm³/mol. The number of hydrogen-bond acceptors (Lipinski definition) is 4. The number of unbranched alkanes of at least 4 members (excludes halogenated alkanes) is 36. The lowest BCUT2D eigenvalue weighted by Gasteiger charge is -2.21. The second kappa shape index (κ2) is 49.2. The lowest BCUT2D eigenvalue weighted by atomic mass is 10.0. The van der Waals surface area contributed by atoms with Crippen molar-refractivity contribution < 1.29 is 20.1 Å². The van der Waals surface area contributed by atoms with Gasteiger partial charge in [0, 0.05) is 0 Å². The van der Waals surface area contributed by atoms with Gasteiger partial charge >= 0.3 is 0 Å². The van der Waals surface area contributed by atoms with Crippen LogP contribution in [0.5, 0.6) is 0 Å². The maximum atomic E-state index is 12.5. The van der Waals surface area contributed by atoms with Gasteiger partial charge in [-0.3, -0.25) is 4.79 Å². The first kappa shape index (κ1) is 57.6. The molecule has 0 aliphatic heterocycles. The highest BCUT2D eigenvalue weighted by molar-refractivity contribution is 5.80. The van der Waals surface area contributed by atoms with E-state index >= 15 is 0 Å². The van der Waals surface area contributed by atoms with Crippen molar-refractivity contribution in [3.63, 3.8) is 0 Å². The number of carbonyl (C=O) groups is 1. The molecule has 4 N–H and O–H groups in total. The summed E-state index contributed by atoms with van der Waals surface area (Å²) in [5.74, 6) is -0.501. The summed E-state index contributed by atoms with van der Waals surface area (Å²) in [4.78, 5) is 12.5. The van der Waals surface area contributed by atoms with Crippen LogP contribution in [0, 0.1) is 0 Å². The second-order valence-corrected chi connectivity index (χ2v) is 18.1. The average molecular weight is 830 g/mol. The summed E-state index contributed by atoms with van der Waals surface area (Å²) in [5, 5.41) is 33.3. The van der Waals surface area contributed by atoms with E-state index in [4.69, 9.17) is 0 Å². The summed E-state index contributed by atoms with van der Waals surface area (Å²) in [6.45, 7) is 4.11. The third-order valence-electron chi connectivity index (χ3n) is 12.2. The second-order valence-electron chi connectivity index (χ2n) is 18.1. The van der Waals surface area contributed by atoms with Crippen LogP contribution in [0.25, 0.3) is 0 Å². The van der Waals surface area contributed by atoms with Gasteiger partial charge in [0.15, 0.2) is 0 Å². The molecule has 0 rings (SSSR count). The number of aliphatic hydroxyl groups is 3. The van der Waals surface area contributed by atoms with Crippen molar-refractivity contribution >= 4 is 5.91 Å². The van der Waals surface area contributed by atoms with Crippen molar-refractivity contribution in [2.75, 3.05) is 6.61 Å². The Morgan fingerprint density at radius 2 is 0.780 bits per heavy atom. The Kier molecular flexibility index (Phi) is 48.0. The van der Waals surface area contributed by atoms with Crippen LogP contribution >= 0.6 is 0 Å². The molecule has 0 saturated heterocycles. The molecule has 0 aliphatic rings. The van der Waals surface area contributed by atoms with Crippen molar-refractivity contribution in [1.29, 1.82) is 0 Å². The van der Waals surface area contributed by atoms with Crippen LogP contribution in [0.1, 0.15) is 277 Å². The Morgan fingerprint density at radius 3 is 1.15 bits per heavy atom.